The molecule has 0 aromatic carbocycles. The van der Waals surface area contributed by atoms with Crippen molar-refractivity contribution in [2.24, 2.45) is 0 Å². The van der Waals surface area contributed by atoms with Crippen LogP contribution >= 0.6 is 0 Å². The molecular weight excluding hydrogens is 244 g/mol. The molecule has 0 aliphatic heterocycles. The Hall–Kier alpha value is -2.30. The van der Waals surface area contributed by atoms with Crippen molar-refractivity contribution in [3.8, 4) is 0 Å². The summed E-state index contributed by atoms with van der Waals surface area (Å²) in [6.07, 6.45) is 4.62. The van der Waals surface area contributed by atoms with Gasteiger partial charge in [-0.15, -0.1) is 0 Å². The van der Waals surface area contributed by atoms with E-state index in [-0.39, 0.29) is 17.5 Å². The molecule has 0 saturated carbocycles. The van der Waals surface area contributed by atoms with Gasteiger partial charge in [0.05, 0.1) is 11.8 Å². The Morgan fingerprint density at radius 3 is 2.89 bits per heavy atom. The first kappa shape index (κ1) is 13.1. The second-order valence-corrected chi connectivity index (χ2v) is 4.43. The van der Waals surface area contributed by atoms with Crippen LogP contribution in [0.15, 0.2) is 45.9 Å². The van der Waals surface area contributed by atoms with Crippen LogP contribution in [0.2, 0.25) is 0 Å². The van der Waals surface area contributed by atoms with Crippen LogP contribution in [0.5, 0.6) is 0 Å². The predicted molar refractivity (Wildman–Crippen MR) is 71.0 cm³/mol. The summed E-state index contributed by atoms with van der Waals surface area (Å²) in [6.45, 7) is 1.94. The highest BCUT2D eigenvalue weighted by molar-refractivity contribution is 5.93. The van der Waals surface area contributed by atoms with Crippen LogP contribution in [0.3, 0.4) is 0 Å². The largest absolute Gasteiger partial charge is 0.469 e. The molecule has 0 fully saturated rings. The van der Waals surface area contributed by atoms with E-state index in [4.69, 9.17) is 4.42 Å². The molecule has 1 amide bonds. The van der Waals surface area contributed by atoms with E-state index < -0.39 is 0 Å². The third-order valence-corrected chi connectivity index (χ3v) is 2.83. The quantitative estimate of drug-likeness (QED) is 0.859. The van der Waals surface area contributed by atoms with Gasteiger partial charge in [-0.25, -0.2) is 0 Å². The third-order valence-electron chi connectivity index (χ3n) is 2.83. The number of hydrogen-bond donors (Lipinski definition) is 2. The van der Waals surface area contributed by atoms with E-state index in [1.54, 1.807) is 6.26 Å². The smallest absolute Gasteiger partial charge is 0.252 e. The van der Waals surface area contributed by atoms with Crippen LogP contribution in [0, 0.1) is 0 Å². The molecule has 2 aromatic rings. The number of pyridine rings is 1. The summed E-state index contributed by atoms with van der Waals surface area (Å²) >= 11 is 0. The molecule has 0 aliphatic carbocycles. The first-order valence-corrected chi connectivity index (χ1v) is 6.17. The minimum Gasteiger partial charge on any atom is -0.469 e. The van der Waals surface area contributed by atoms with Crippen LogP contribution in [0.1, 0.15) is 29.5 Å². The Kier molecular flexibility index (Phi) is 4.18. The summed E-state index contributed by atoms with van der Waals surface area (Å²) in [5.74, 6) is 0.716. The number of aromatic amines is 1. The lowest BCUT2D eigenvalue weighted by Gasteiger charge is -2.12. The number of H-pyrrole nitrogens is 1. The summed E-state index contributed by atoms with van der Waals surface area (Å²) in [6, 6.07) is 6.63. The number of furan rings is 1. The number of aromatic nitrogens is 1. The molecule has 2 N–H and O–H groups in total. The molecule has 0 bridgehead atoms. The van der Waals surface area contributed by atoms with Gasteiger partial charge in [-0.3, -0.25) is 9.59 Å². The van der Waals surface area contributed by atoms with Gasteiger partial charge in [-0.2, -0.15) is 0 Å². The molecule has 0 aliphatic rings. The molecule has 5 nitrogen and oxygen atoms in total. The van der Waals surface area contributed by atoms with E-state index in [1.807, 2.05) is 19.1 Å². The van der Waals surface area contributed by atoms with Crippen LogP contribution in [0.25, 0.3) is 0 Å². The second kappa shape index (κ2) is 6.04. The van der Waals surface area contributed by atoms with Gasteiger partial charge in [0.2, 0.25) is 5.56 Å². The fourth-order valence-electron chi connectivity index (χ4n) is 1.74. The Balaban J connectivity index is 1.84. The van der Waals surface area contributed by atoms with Crippen LogP contribution in [-0.2, 0) is 6.42 Å². The van der Waals surface area contributed by atoms with E-state index in [0.29, 0.717) is 5.56 Å². The zero-order valence-electron chi connectivity index (χ0n) is 10.7. The van der Waals surface area contributed by atoms with E-state index in [1.165, 1.54) is 18.3 Å². The predicted octanol–water partition coefficient (Wildman–Crippen LogP) is 1.72. The highest BCUT2D eigenvalue weighted by Crippen LogP contribution is 2.06. The maximum atomic E-state index is 11.9. The van der Waals surface area contributed by atoms with Gasteiger partial charge in [0, 0.05) is 24.7 Å². The molecule has 0 radical (unpaired) electrons. The van der Waals surface area contributed by atoms with Gasteiger partial charge in [0.15, 0.2) is 0 Å². The van der Waals surface area contributed by atoms with Crippen LogP contribution < -0.4 is 10.9 Å². The fourth-order valence-corrected chi connectivity index (χ4v) is 1.74. The van der Waals surface area contributed by atoms with Crippen molar-refractivity contribution < 1.29 is 9.21 Å². The summed E-state index contributed by atoms with van der Waals surface area (Å²) in [7, 11) is 0. The van der Waals surface area contributed by atoms with Gasteiger partial charge in [0.25, 0.3) is 5.91 Å². The number of carbonyl (C=O) groups is 1. The highest BCUT2D eigenvalue weighted by Gasteiger charge is 2.10. The summed E-state index contributed by atoms with van der Waals surface area (Å²) in [5, 5.41) is 2.88. The van der Waals surface area contributed by atoms with E-state index in [2.05, 4.69) is 10.3 Å². The Morgan fingerprint density at radius 2 is 2.26 bits per heavy atom. The summed E-state index contributed by atoms with van der Waals surface area (Å²) in [4.78, 5) is 25.3. The molecule has 2 rings (SSSR count). The lowest BCUT2D eigenvalue weighted by molar-refractivity contribution is 0.0937. The molecule has 2 aromatic heterocycles. The van der Waals surface area contributed by atoms with Gasteiger partial charge in [-0.05, 0) is 31.5 Å². The first-order valence-electron chi connectivity index (χ1n) is 6.17. The van der Waals surface area contributed by atoms with Crippen molar-refractivity contribution in [1.29, 1.82) is 0 Å². The SMILES string of the molecule is C[C@H](CCc1ccco1)NC(=O)c1ccc(=O)[nH]c1. The van der Waals surface area contributed by atoms with Crippen molar-refractivity contribution in [1.82, 2.24) is 10.3 Å². The van der Waals surface area contributed by atoms with Gasteiger partial charge < -0.3 is 14.7 Å². The minimum absolute atomic E-state index is 0.0320. The Labute approximate surface area is 110 Å². The summed E-state index contributed by atoms with van der Waals surface area (Å²) in [5.41, 5.74) is 0.229. The number of carbonyl (C=O) groups excluding carboxylic acids is 1. The third kappa shape index (κ3) is 3.84. The topological polar surface area (TPSA) is 75.1 Å². The van der Waals surface area contributed by atoms with E-state index in [9.17, 15) is 9.59 Å². The number of rotatable bonds is 5. The lowest BCUT2D eigenvalue weighted by Crippen LogP contribution is -2.33. The number of amides is 1. The normalized spacial score (nSPS) is 12.1. The molecular formula is C14H16N2O3. The molecule has 100 valence electrons. The van der Waals surface area contributed by atoms with Crippen LogP contribution in [-0.4, -0.2) is 16.9 Å². The maximum Gasteiger partial charge on any atom is 0.252 e. The molecule has 2 heterocycles. The van der Waals surface area contributed by atoms with Gasteiger partial charge >= 0.3 is 0 Å². The molecule has 0 unspecified atom stereocenters. The molecule has 0 spiro atoms. The van der Waals surface area contributed by atoms with Crippen LogP contribution in [0.4, 0.5) is 0 Å². The standard InChI is InChI=1S/C14H16N2O3/c1-10(4-6-12-3-2-8-19-12)16-14(18)11-5-7-13(17)15-9-11/h2-3,5,7-10H,4,6H2,1H3,(H,15,17)(H,16,18)/t10-/m1/s1. The number of aryl methyl sites for hydroxylation is 1. The molecule has 1 atom stereocenters. The number of nitrogens with one attached hydrogen (secondary N) is 2. The lowest BCUT2D eigenvalue weighted by atomic mass is 10.1. The molecule has 0 saturated heterocycles. The second-order valence-electron chi connectivity index (χ2n) is 4.43. The highest BCUT2D eigenvalue weighted by atomic mass is 16.3. The molecule has 5 heteroatoms. The van der Waals surface area contributed by atoms with Gasteiger partial charge in [0.1, 0.15) is 5.76 Å². The fraction of sp³-hybridized carbons (Fsp3) is 0.286. The minimum atomic E-state index is -0.220. The van der Waals surface area contributed by atoms with E-state index in [0.717, 1.165) is 18.6 Å². The average Bonchev–Trinajstić information content (AvgIpc) is 2.90. The molecule has 19 heavy (non-hydrogen) atoms. The zero-order chi connectivity index (χ0) is 13.7. The first-order chi connectivity index (χ1) is 9.15. The van der Waals surface area contributed by atoms with Crippen molar-refractivity contribution in [3.63, 3.8) is 0 Å². The Bertz CT molecular complexity index is 566. The van der Waals surface area contributed by atoms with Crippen molar-refractivity contribution in [2.75, 3.05) is 0 Å². The maximum absolute atomic E-state index is 11.9. The van der Waals surface area contributed by atoms with E-state index >= 15 is 0 Å². The summed E-state index contributed by atoms with van der Waals surface area (Å²) < 4.78 is 5.23. The average molecular weight is 260 g/mol. The van der Waals surface area contributed by atoms with Crippen molar-refractivity contribution in [2.45, 2.75) is 25.8 Å². The van der Waals surface area contributed by atoms with Crippen molar-refractivity contribution >= 4 is 5.91 Å². The van der Waals surface area contributed by atoms with Crippen molar-refractivity contribution in [3.05, 3.63) is 58.4 Å². The van der Waals surface area contributed by atoms with Gasteiger partial charge in [-0.1, -0.05) is 0 Å². The Morgan fingerprint density at radius 1 is 1.42 bits per heavy atom. The zero-order valence-corrected chi connectivity index (χ0v) is 10.7. The number of hydrogen-bond acceptors (Lipinski definition) is 3. The monoisotopic (exact) mass is 260 g/mol.